The lowest BCUT2D eigenvalue weighted by molar-refractivity contribution is 0.443. The molecule has 0 aliphatic rings. The van der Waals surface area contributed by atoms with E-state index in [9.17, 15) is 0 Å². The van der Waals surface area contributed by atoms with E-state index in [4.69, 9.17) is 10.8 Å². The summed E-state index contributed by atoms with van der Waals surface area (Å²) >= 11 is 3.48. The number of halogens is 1. The van der Waals surface area contributed by atoms with Crippen LogP contribution in [0.2, 0.25) is 0 Å². The summed E-state index contributed by atoms with van der Waals surface area (Å²) in [6.45, 7) is 8.41. The zero-order valence-corrected chi connectivity index (χ0v) is 14.1. The fraction of sp³-hybridized carbons (Fsp3) is 0.438. The Morgan fingerprint density at radius 2 is 1.85 bits per heavy atom. The second kappa shape index (κ2) is 6.10. The Bertz CT molecular complexity index is 585. The van der Waals surface area contributed by atoms with Crippen molar-refractivity contribution in [1.82, 2.24) is 9.78 Å². The summed E-state index contributed by atoms with van der Waals surface area (Å²) in [7, 11) is 0. The molecule has 1 heterocycles. The summed E-state index contributed by atoms with van der Waals surface area (Å²) in [5, 5.41) is 4.73. The van der Waals surface area contributed by atoms with Crippen molar-refractivity contribution in [3.8, 4) is 0 Å². The zero-order chi connectivity index (χ0) is 14.9. The highest BCUT2D eigenvalue weighted by Gasteiger charge is 2.23. The van der Waals surface area contributed by atoms with Crippen LogP contribution in [-0.4, -0.2) is 15.8 Å². The second-order valence-corrected chi connectivity index (χ2v) is 6.22. The molecule has 0 fully saturated rings. The molecule has 0 amide bonds. The van der Waals surface area contributed by atoms with Crippen molar-refractivity contribution in [2.45, 2.75) is 46.2 Å². The predicted octanol–water partition coefficient (Wildman–Crippen LogP) is 3.76. The second-order valence-electron chi connectivity index (χ2n) is 5.30. The third-order valence-electron chi connectivity index (χ3n) is 3.80. The van der Waals surface area contributed by atoms with Crippen molar-refractivity contribution >= 4 is 15.9 Å². The molecule has 2 rings (SSSR count). The van der Waals surface area contributed by atoms with Gasteiger partial charge in [0.05, 0.1) is 11.7 Å². The van der Waals surface area contributed by atoms with Crippen molar-refractivity contribution in [2.24, 2.45) is 5.73 Å². The molecule has 20 heavy (non-hydrogen) atoms. The molecule has 2 atom stereocenters. The standard InChI is InChI=1S/C16H22BrN3/c1-5-15-11(3)19-20(12(15)4)16(10(2)18)13-6-8-14(17)9-7-13/h6-10,16H,5,18H2,1-4H3. The molecule has 2 aromatic rings. The van der Waals surface area contributed by atoms with E-state index in [0.29, 0.717) is 0 Å². The lowest BCUT2D eigenvalue weighted by atomic mass is 10.0. The smallest absolute Gasteiger partial charge is 0.0919 e. The average Bonchev–Trinajstić information content (AvgIpc) is 2.67. The summed E-state index contributed by atoms with van der Waals surface area (Å²) in [5.74, 6) is 0. The van der Waals surface area contributed by atoms with Crippen molar-refractivity contribution in [3.63, 3.8) is 0 Å². The molecule has 4 heteroatoms. The predicted molar refractivity (Wildman–Crippen MR) is 87.0 cm³/mol. The largest absolute Gasteiger partial charge is 0.326 e. The quantitative estimate of drug-likeness (QED) is 0.924. The van der Waals surface area contributed by atoms with Crippen LogP contribution in [0.3, 0.4) is 0 Å². The van der Waals surface area contributed by atoms with Gasteiger partial charge in [0.15, 0.2) is 0 Å². The Morgan fingerprint density at radius 3 is 2.30 bits per heavy atom. The van der Waals surface area contributed by atoms with Crippen molar-refractivity contribution in [2.75, 3.05) is 0 Å². The molecule has 1 aromatic carbocycles. The number of aromatic nitrogens is 2. The third-order valence-corrected chi connectivity index (χ3v) is 4.33. The summed E-state index contributed by atoms with van der Waals surface area (Å²) in [6, 6.07) is 8.40. The Morgan fingerprint density at radius 1 is 1.25 bits per heavy atom. The van der Waals surface area contributed by atoms with E-state index < -0.39 is 0 Å². The number of hydrogen-bond acceptors (Lipinski definition) is 2. The van der Waals surface area contributed by atoms with Gasteiger partial charge >= 0.3 is 0 Å². The summed E-state index contributed by atoms with van der Waals surface area (Å²) in [5.41, 5.74) is 11.1. The topological polar surface area (TPSA) is 43.8 Å². The normalized spacial score (nSPS) is 14.3. The minimum absolute atomic E-state index is 0.00104. The minimum Gasteiger partial charge on any atom is -0.326 e. The van der Waals surface area contributed by atoms with Crippen LogP contribution in [0.1, 0.15) is 42.4 Å². The van der Waals surface area contributed by atoms with Crippen LogP contribution in [0.15, 0.2) is 28.7 Å². The first kappa shape index (κ1) is 15.3. The summed E-state index contributed by atoms with van der Waals surface area (Å²) < 4.78 is 3.16. The van der Waals surface area contributed by atoms with Gasteiger partial charge < -0.3 is 5.73 Å². The van der Waals surface area contributed by atoms with Crippen LogP contribution < -0.4 is 5.73 Å². The maximum absolute atomic E-state index is 6.24. The Kier molecular flexibility index (Phi) is 4.66. The van der Waals surface area contributed by atoms with Crippen molar-refractivity contribution in [3.05, 3.63) is 51.3 Å². The van der Waals surface area contributed by atoms with E-state index in [-0.39, 0.29) is 12.1 Å². The SMILES string of the molecule is CCc1c(C)nn(C(c2ccc(Br)cc2)C(C)N)c1C. The van der Waals surface area contributed by atoms with E-state index in [1.165, 1.54) is 16.8 Å². The Balaban J connectivity index is 2.52. The highest BCUT2D eigenvalue weighted by atomic mass is 79.9. The fourth-order valence-electron chi connectivity index (χ4n) is 2.81. The van der Waals surface area contributed by atoms with Crippen LogP contribution in [0.25, 0.3) is 0 Å². The van der Waals surface area contributed by atoms with Gasteiger partial charge in [0.25, 0.3) is 0 Å². The van der Waals surface area contributed by atoms with Gasteiger partial charge in [0, 0.05) is 16.2 Å². The monoisotopic (exact) mass is 335 g/mol. The number of aryl methyl sites for hydroxylation is 1. The lowest BCUT2D eigenvalue weighted by Gasteiger charge is -2.23. The molecular formula is C16H22BrN3. The molecule has 0 saturated carbocycles. The maximum Gasteiger partial charge on any atom is 0.0919 e. The molecule has 0 spiro atoms. The van der Waals surface area contributed by atoms with Gasteiger partial charge in [-0.3, -0.25) is 4.68 Å². The van der Waals surface area contributed by atoms with E-state index in [0.717, 1.165) is 16.6 Å². The average molecular weight is 336 g/mol. The van der Waals surface area contributed by atoms with Crippen LogP contribution in [0.5, 0.6) is 0 Å². The van der Waals surface area contributed by atoms with Gasteiger partial charge in [0.1, 0.15) is 0 Å². The van der Waals surface area contributed by atoms with E-state index in [1.807, 2.05) is 6.92 Å². The Labute approximate surface area is 129 Å². The first-order chi connectivity index (χ1) is 9.45. The molecule has 0 aliphatic carbocycles. The molecular weight excluding hydrogens is 314 g/mol. The molecule has 0 saturated heterocycles. The molecule has 1 aromatic heterocycles. The number of hydrogen-bond donors (Lipinski definition) is 1. The van der Waals surface area contributed by atoms with Gasteiger partial charge in [-0.05, 0) is 50.5 Å². The number of nitrogens with zero attached hydrogens (tertiary/aromatic N) is 2. The van der Waals surface area contributed by atoms with E-state index in [2.05, 4.69) is 65.6 Å². The van der Waals surface area contributed by atoms with Gasteiger partial charge in [-0.1, -0.05) is 35.0 Å². The van der Waals surface area contributed by atoms with Crippen molar-refractivity contribution in [1.29, 1.82) is 0 Å². The molecule has 0 aliphatic heterocycles. The first-order valence-electron chi connectivity index (χ1n) is 7.01. The van der Waals surface area contributed by atoms with Gasteiger partial charge in [-0.25, -0.2) is 0 Å². The fourth-order valence-corrected chi connectivity index (χ4v) is 3.07. The highest BCUT2D eigenvalue weighted by Crippen LogP contribution is 2.26. The molecule has 108 valence electrons. The van der Waals surface area contributed by atoms with Gasteiger partial charge in [-0.15, -0.1) is 0 Å². The zero-order valence-electron chi connectivity index (χ0n) is 12.5. The molecule has 2 N–H and O–H groups in total. The van der Waals surface area contributed by atoms with Gasteiger partial charge in [0.2, 0.25) is 0 Å². The first-order valence-corrected chi connectivity index (χ1v) is 7.80. The van der Waals surface area contributed by atoms with Crippen LogP contribution in [-0.2, 0) is 6.42 Å². The van der Waals surface area contributed by atoms with Crippen molar-refractivity contribution < 1.29 is 0 Å². The molecule has 0 bridgehead atoms. The summed E-state index contributed by atoms with van der Waals surface area (Å²) in [6.07, 6.45) is 1.00. The van der Waals surface area contributed by atoms with Crippen LogP contribution in [0.4, 0.5) is 0 Å². The summed E-state index contributed by atoms with van der Waals surface area (Å²) in [4.78, 5) is 0. The minimum atomic E-state index is -0.00104. The molecule has 2 unspecified atom stereocenters. The molecule has 0 radical (unpaired) electrons. The van der Waals surface area contributed by atoms with E-state index in [1.54, 1.807) is 0 Å². The lowest BCUT2D eigenvalue weighted by Crippen LogP contribution is -2.31. The number of benzene rings is 1. The van der Waals surface area contributed by atoms with Gasteiger partial charge in [-0.2, -0.15) is 5.10 Å². The third kappa shape index (κ3) is 2.81. The number of nitrogens with two attached hydrogens (primary N) is 1. The number of rotatable bonds is 4. The highest BCUT2D eigenvalue weighted by molar-refractivity contribution is 9.10. The molecule has 3 nitrogen and oxygen atoms in total. The van der Waals surface area contributed by atoms with Crippen LogP contribution in [0, 0.1) is 13.8 Å². The maximum atomic E-state index is 6.24. The van der Waals surface area contributed by atoms with E-state index >= 15 is 0 Å². The Hall–Kier alpha value is -1.13. The van der Waals surface area contributed by atoms with Crippen LogP contribution >= 0.6 is 15.9 Å².